The highest BCUT2D eigenvalue weighted by molar-refractivity contribution is 8.15. The highest BCUT2D eigenvalue weighted by Crippen LogP contribution is 2.29. The van der Waals surface area contributed by atoms with Crippen molar-refractivity contribution in [2.75, 3.05) is 38.0 Å². The van der Waals surface area contributed by atoms with Crippen molar-refractivity contribution in [3.8, 4) is 0 Å². The molecule has 1 atom stereocenters. The Morgan fingerprint density at radius 1 is 1.13 bits per heavy atom. The minimum absolute atomic E-state index is 0.0475. The van der Waals surface area contributed by atoms with E-state index in [1.165, 1.54) is 16.7 Å². The van der Waals surface area contributed by atoms with Gasteiger partial charge >= 0.3 is 0 Å². The highest BCUT2D eigenvalue weighted by Gasteiger charge is 2.33. The van der Waals surface area contributed by atoms with E-state index in [-0.39, 0.29) is 36.6 Å². The Kier molecular flexibility index (Phi) is 6.03. The van der Waals surface area contributed by atoms with Gasteiger partial charge in [-0.1, -0.05) is 11.8 Å². The van der Waals surface area contributed by atoms with Gasteiger partial charge in [-0.05, 0) is 37.1 Å². The van der Waals surface area contributed by atoms with Gasteiger partial charge in [0.1, 0.15) is 5.25 Å². The molecule has 158 valence electrons. The number of benzene rings is 1. The van der Waals surface area contributed by atoms with Crippen LogP contribution in [0.3, 0.4) is 0 Å². The number of carbonyl (C=O) groups is 4. The first-order valence-electron chi connectivity index (χ1n) is 9.99. The summed E-state index contributed by atoms with van der Waals surface area (Å²) in [6, 6.07) is 6.53. The van der Waals surface area contributed by atoms with Crippen LogP contribution in [-0.4, -0.2) is 76.6 Å². The van der Waals surface area contributed by atoms with E-state index in [9.17, 15) is 19.2 Å². The second-order valence-electron chi connectivity index (χ2n) is 7.44. The fourth-order valence-electron chi connectivity index (χ4n) is 3.62. The summed E-state index contributed by atoms with van der Waals surface area (Å²) in [4.78, 5) is 56.2. The first kappa shape index (κ1) is 20.4. The second kappa shape index (κ2) is 8.86. The van der Waals surface area contributed by atoms with Gasteiger partial charge in [0.05, 0.1) is 6.54 Å². The van der Waals surface area contributed by atoms with E-state index < -0.39 is 5.25 Å². The van der Waals surface area contributed by atoms with E-state index in [1.54, 1.807) is 24.3 Å². The van der Waals surface area contributed by atoms with Crippen LogP contribution < -0.4 is 10.6 Å². The third kappa shape index (κ3) is 4.64. The standard InChI is InChI=1S/C20H23N5O4S/c26-16(11-15-18(28)23-20(30-15)24-8-1-2-9-24)22-14-5-3-13(4-6-14)19(29)25-10-7-21-17(27)12-25/h3-6,15H,1-2,7-12H2,(H,21,27)(H,22,26)/t15-/m1/s1. The largest absolute Gasteiger partial charge is 0.353 e. The zero-order valence-electron chi connectivity index (χ0n) is 16.4. The summed E-state index contributed by atoms with van der Waals surface area (Å²) in [5.41, 5.74) is 0.997. The van der Waals surface area contributed by atoms with Gasteiger partial charge in [0.15, 0.2) is 5.17 Å². The fraction of sp³-hybridized carbons (Fsp3) is 0.450. The van der Waals surface area contributed by atoms with Crippen molar-refractivity contribution in [2.24, 2.45) is 4.99 Å². The Hall–Kier alpha value is -2.88. The first-order valence-corrected chi connectivity index (χ1v) is 10.9. The zero-order chi connectivity index (χ0) is 21.1. The van der Waals surface area contributed by atoms with Crippen LogP contribution in [0.1, 0.15) is 29.6 Å². The molecule has 9 nitrogen and oxygen atoms in total. The highest BCUT2D eigenvalue weighted by atomic mass is 32.2. The molecule has 0 radical (unpaired) electrons. The average Bonchev–Trinajstić information content (AvgIpc) is 3.38. The number of nitrogens with zero attached hydrogens (tertiary/aromatic N) is 3. The second-order valence-corrected chi connectivity index (χ2v) is 8.61. The number of hydrogen-bond acceptors (Lipinski definition) is 6. The summed E-state index contributed by atoms with van der Waals surface area (Å²) >= 11 is 1.36. The van der Waals surface area contributed by atoms with Crippen molar-refractivity contribution >= 4 is 46.2 Å². The number of carbonyl (C=O) groups excluding carboxylic acids is 4. The maximum absolute atomic E-state index is 12.5. The molecule has 30 heavy (non-hydrogen) atoms. The molecule has 4 rings (SSSR count). The van der Waals surface area contributed by atoms with Crippen LogP contribution in [0.5, 0.6) is 0 Å². The molecular weight excluding hydrogens is 406 g/mol. The van der Waals surface area contributed by atoms with Crippen LogP contribution in [0.15, 0.2) is 29.3 Å². The molecule has 0 aliphatic carbocycles. The summed E-state index contributed by atoms with van der Waals surface area (Å²) in [6.07, 6.45) is 2.25. The number of amidine groups is 1. The maximum atomic E-state index is 12.5. The number of aliphatic imine (C=N–C) groups is 1. The molecule has 0 unspecified atom stereocenters. The van der Waals surface area contributed by atoms with Crippen molar-refractivity contribution < 1.29 is 19.2 Å². The lowest BCUT2D eigenvalue weighted by atomic mass is 10.1. The molecule has 4 amide bonds. The molecule has 0 saturated carbocycles. The van der Waals surface area contributed by atoms with E-state index >= 15 is 0 Å². The van der Waals surface area contributed by atoms with E-state index in [1.807, 2.05) is 0 Å². The van der Waals surface area contributed by atoms with E-state index in [0.29, 0.717) is 24.3 Å². The molecule has 2 saturated heterocycles. The van der Waals surface area contributed by atoms with Crippen LogP contribution in [0, 0.1) is 0 Å². The number of likely N-dealkylation sites (tertiary alicyclic amines) is 1. The van der Waals surface area contributed by atoms with Gasteiger partial charge in [-0.15, -0.1) is 0 Å². The van der Waals surface area contributed by atoms with Gasteiger partial charge in [0, 0.05) is 43.9 Å². The van der Waals surface area contributed by atoms with E-state index in [4.69, 9.17) is 0 Å². The van der Waals surface area contributed by atoms with Crippen LogP contribution in [0.2, 0.25) is 0 Å². The number of rotatable bonds is 4. The van der Waals surface area contributed by atoms with Gasteiger partial charge < -0.3 is 20.4 Å². The molecule has 0 spiro atoms. The van der Waals surface area contributed by atoms with E-state index in [2.05, 4.69) is 20.5 Å². The Labute approximate surface area is 178 Å². The molecule has 0 aromatic heterocycles. The molecule has 2 fully saturated rings. The Morgan fingerprint density at radius 2 is 1.87 bits per heavy atom. The van der Waals surface area contributed by atoms with Gasteiger partial charge in [-0.25, -0.2) is 0 Å². The summed E-state index contributed by atoms with van der Waals surface area (Å²) in [5, 5.41) is 5.68. The zero-order valence-corrected chi connectivity index (χ0v) is 17.2. The summed E-state index contributed by atoms with van der Waals surface area (Å²) in [6.45, 7) is 2.78. The first-order chi connectivity index (χ1) is 14.5. The molecule has 1 aromatic rings. The van der Waals surface area contributed by atoms with Crippen LogP contribution in [0.4, 0.5) is 5.69 Å². The molecule has 0 bridgehead atoms. The maximum Gasteiger partial charge on any atom is 0.262 e. The molecular formula is C20H23N5O4S. The lowest BCUT2D eigenvalue weighted by Gasteiger charge is -2.26. The molecule has 3 aliphatic heterocycles. The molecule has 2 N–H and O–H groups in total. The third-order valence-electron chi connectivity index (χ3n) is 5.22. The smallest absolute Gasteiger partial charge is 0.262 e. The van der Waals surface area contributed by atoms with E-state index in [0.717, 1.165) is 31.1 Å². The lowest BCUT2D eigenvalue weighted by molar-refractivity contribution is -0.123. The summed E-state index contributed by atoms with van der Waals surface area (Å²) in [5.74, 6) is -0.925. The number of nitrogens with one attached hydrogen (secondary N) is 2. The van der Waals surface area contributed by atoms with Crippen molar-refractivity contribution in [3.63, 3.8) is 0 Å². The SMILES string of the molecule is O=C1CN(C(=O)c2ccc(NC(=O)C[C@H]3SC(N4CCCC4)=NC3=O)cc2)CCN1. The Bertz CT molecular complexity index is 895. The minimum Gasteiger partial charge on any atom is -0.353 e. The van der Waals surface area contributed by atoms with Crippen molar-refractivity contribution in [1.82, 2.24) is 15.1 Å². The predicted molar refractivity (Wildman–Crippen MR) is 113 cm³/mol. The van der Waals surface area contributed by atoms with Crippen molar-refractivity contribution in [3.05, 3.63) is 29.8 Å². The minimum atomic E-state index is -0.494. The van der Waals surface area contributed by atoms with Crippen LogP contribution in [-0.2, 0) is 14.4 Å². The fourth-order valence-corrected chi connectivity index (χ4v) is 4.74. The number of anilines is 1. The average molecular weight is 430 g/mol. The van der Waals surface area contributed by atoms with Crippen molar-refractivity contribution in [2.45, 2.75) is 24.5 Å². The number of piperazine rings is 1. The van der Waals surface area contributed by atoms with Gasteiger partial charge in [-0.2, -0.15) is 4.99 Å². The van der Waals surface area contributed by atoms with Gasteiger partial charge in [-0.3, -0.25) is 19.2 Å². The number of amides is 4. The number of thioether (sulfide) groups is 1. The summed E-state index contributed by atoms with van der Waals surface area (Å²) < 4.78 is 0. The third-order valence-corrected chi connectivity index (χ3v) is 6.43. The van der Waals surface area contributed by atoms with Crippen LogP contribution >= 0.6 is 11.8 Å². The predicted octanol–water partition coefficient (Wildman–Crippen LogP) is 0.681. The van der Waals surface area contributed by atoms with Gasteiger partial charge in [0.2, 0.25) is 11.8 Å². The number of hydrogen-bond donors (Lipinski definition) is 2. The topological polar surface area (TPSA) is 111 Å². The van der Waals surface area contributed by atoms with Crippen LogP contribution in [0.25, 0.3) is 0 Å². The molecule has 3 heterocycles. The normalized spacial score (nSPS) is 21.5. The monoisotopic (exact) mass is 429 g/mol. The Morgan fingerprint density at radius 3 is 2.57 bits per heavy atom. The molecule has 1 aromatic carbocycles. The summed E-state index contributed by atoms with van der Waals surface area (Å²) in [7, 11) is 0. The molecule has 10 heteroatoms. The lowest BCUT2D eigenvalue weighted by Crippen LogP contribution is -2.49. The van der Waals surface area contributed by atoms with Crippen molar-refractivity contribution in [1.29, 1.82) is 0 Å². The Balaban J connectivity index is 1.29. The van der Waals surface area contributed by atoms with Gasteiger partial charge in [0.25, 0.3) is 11.8 Å². The quantitative estimate of drug-likeness (QED) is 0.728. The molecule has 3 aliphatic rings.